The Balaban J connectivity index is 0.000000137. The highest BCUT2D eigenvalue weighted by Crippen LogP contribution is 2.36. The Morgan fingerprint density at radius 2 is 0.607 bits per heavy atom. The minimum Gasteiger partial charge on any atom is -0.465 e. The standard InChI is InChI=1S/C18H23N5O2.C16H22N4O3.C16H22N4O2S.C15H21N5O2.C15H20N4O2.C15H22N4O2/c1-4-11(2)19-18-20-14-16(21-15(12(3)24)22-17(14)25)23(18)10-13-8-6-5-7-9-13;2*1-3-23-16-17-12-14(18-13(10(2)21)19-15(12)22)20(16)9-11-7-5-4-6-8-11;1-9-16-13-12(14(22)17-9)19-15(18-10(2)21)20(13)8-11-6-4-3-5-7-11;1-9(20)13-17-14-12(15(21)18-13)16-10(2)19(14)8-11-6-4-3-5-7-11;1-3-21-15-18-12-13(16-10(2)17-14(12)20)19(15)9-11-7-5-4-6-8-11/h13H,1,5-10H2,2-3H3,(H,19,20)(H,21,22,25);2*11H,3-9H2,1-2H3,(H,18,19,22);11H,3-8H2,1-2H3,(H,16,17,22)(H,18,19,21);11H,3-8H2,1-2H3,(H,17,18,21);11H,3-9H2,1-2H3,(H,16,17,20). The van der Waals surface area contributed by atoms with Crippen LogP contribution in [-0.4, -0.2) is 165 Å². The minimum absolute atomic E-state index is 0.0600. The summed E-state index contributed by atoms with van der Waals surface area (Å²) in [4.78, 5) is 198. The van der Waals surface area contributed by atoms with Gasteiger partial charge in [-0.15, -0.1) is 5.73 Å². The summed E-state index contributed by atoms with van der Waals surface area (Å²) < 4.78 is 22.9. The normalized spacial score (nSPS) is 16.0. The number of nitrogens with one attached hydrogen (secondary N) is 8. The van der Waals surface area contributed by atoms with E-state index in [1.807, 2.05) is 55.1 Å². The molecule has 12 aromatic heterocycles. The molecule has 40 heteroatoms. The van der Waals surface area contributed by atoms with Crippen LogP contribution in [0.5, 0.6) is 12.0 Å². The second-order valence-corrected chi connectivity index (χ2v) is 37.8. The Morgan fingerprint density at radius 1 is 0.341 bits per heavy atom. The van der Waals surface area contributed by atoms with Crippen molar-refractivity contribution in [3.05, 3.63) is 121 Å². The van der Waals surface area contributed by atoms with Crippen LogP contribution in [0.25, 0.3) is 67.0 Å². The molecular formula is C95H130N26O13S. The zero-order valence-corrected chi connectivity index (χ0v) is 80.8. The maximum Gasteiger partial charge on any atom is 0.298 e. The molecule has 0 spiro atoms. The zero-order chi connectivity index (χ0) is 96.3. The van der Waals surface area contributed by atoms with Gasteiger partial charge in [0.15, 0.2) is 119 Å². The van der Waals surface area contributed by atoms with Gasteiger partial charge in [-0.25, -0.2) is 49.8 Å². The van der Waals surface area contributed by atoms with Gasteiger partial charge >= 0.3 is 0 Å². The second kappa shape index (κ2) is 46.6. The minimum atomic E-state index is -0.402. The monoisotopic (exact) mass is 1880 g/mol. The third-order valence-corrected chi connectivity index (χ3v) is 26.8. The van der Waals surface area contributed by atoms with Crippen molar-refractivity contribution in [1.82, 2.24) is 117 Å². The smallest absolute Gasteiger partial charge is 0.298 e. The Labute approximate surface area is 784 Å². The average molecular weight is 1880 g/mol. The fourth-order valence-corrected chi connectivity index (χ4v) is 19.8. The molecule has 39 nitrogen and oxygen atoms in total. The molecule has 0 bridgehead atoms. The Morgan fingerprint density at radius 3 is 0.933 bits per heavy atom. The predicted molar refractivity (Wildman–Crippen MR) is 518 cm³/mol. The number of amides is 1. The first-order valence-electron chi connectivity index (χ1n) is 48.2. The number of carbonyl (C=O) groups excluding carboxylic acids is 5. The molecular weight excluding hydrogens is 1750 g/mol. The fourth-order valence-electron chi connectivity index (χ4n) is 19.1. The molecule has 8 N–H and O–H groups in total. The van der Waals surface area contributed by atoms with E-state index in [0.717, 1.165) is 81.7 Å². The number of H-pyrrole nitrogens is 6. The van der Waals surface area contributed by atoms with Gasteiger partial charge in [0.1, 0.15) is 17.5 Å². The number of allylic oxidation sites excluding steroid dienone is 1. The fraction of sp³-hybridized carbons (Fsp3) is 0.600. The van der Waals surface area contributed by atoms with Crippen molar-refractivity contribution in [3.8, 4) is 12.0 Å². The summed E-state index contributed by atoms with van der Waals surface area (Å²) in [6, 6.07) is 0.924. The maximum atomic E-state index is 12.3. The summed E-state index contributed by atoms with van der Waals surface area (Å²) in [5.41, 5.74) is 6.49. The number of aromatic amines is 6. The topological polar surface area (TPSA) is 509 Å². The quantitative estimate of drug-likeness (QED) is 0.0150. The lowest BCUT2D eigenvalue weighted by atomic mass is 9.89. The summed E-state index contributed by atoms with van der Waals surface area (Å²) in [6.45, 7) is 29.4. The number of aromatic nitrogens is 24. The molecule has 1 amide bonds. The van der Waals surface area contributed by atoms with Crippen molar-refractivity contribution < 1.29 is 33.4 Å². The molecule has 0 radical (unpaired) electrons. The third kappa shape index (κ3) is 25.2. The van der Waals surface area contributed by atoms with E-state index in [1.54, 1.807) is 25.6 Å². The van der Waals surface area contributed by atoms with Crippen molar-refractivity contribution in [1.29, 1.82) is 0 Å². The number of Topliss-reactive ketones (excluding diaryl/α,β-unsaturated/α-hetero) is 4. The maximum absolute atomic E-state index is 12.3. The lowest BCUT2D eigenvalue weighted by molar-refractivity contribution is -0.114. The van der Waals surface area contributed by atoms with Gasteiger partial charge in [0.2, 0.25) is 17.8 Å². The number of hydrogen-bond acceptors (Lipinski definition) is 27. The molecule has 18 rings (SSSR count). The van der Waals surface area contributed by atoms with E-state index < -0.39 is 11.1 Å². The number of fused-ring (bicyclic) bond motifs is 6. The van der Waals surface area contributed by atoms with Gasteiger partial charge in [-0.2, -0.15) is 9.97 Å². The van der Waals surface area contributed by atoms with Crippen LogP contribution >= 0.6 is 11.8 Å². The number of rotatable bonds is 25. The van der Waals surface area contributed by atoms with E-state index in [-0.39, 0.29) is 91.1 Å². The van der Waals surface area contributed by atoms with Gasteiger partial charge in [0, 0.05) is 73.9 Å². The second-order valence-electron chi connectivity index (χ2n) is 36.5. The molecule has 6 saturated carbocycles. The van der Waals surface area contributed by atoms with E-state index in [4.69, 9.17) is 9.47 Å². The zero-order valence-electron chi connectivity index (χ0n) is 80.0. The van der Waals surface area contributed by atoms with E-state index in [2.05, 4.69) is 120 Å². The highest BCUT2D eigenvalue weighted by molar-refractivity contribution is 7.99. The predicted octanol–water partition coefficient (Wildman–Crippen LogP) is 14.9. The van der Waals surface area contributed by atoms with Gasteiger partial charge in [-0.1, -0.05) is 141 Å². The molecule has 12 heterocycles. The van der Waals surface area contributed by atoms with E-state index in [1.165, 1.54) is 202 Å². The Hall–Kier alpha value is -12.5. The molecule has 0 aromatic carbocycles. The number of imidazole rings is 6. The van der Waals surface area contributed by atoms with Crippen molar-refractivity contribution >= 4 is 120 Å². The van der Waals surface area contributed by atoms with Crippen molar-refractivity contribution in [2.75, 3.05) is 29.6 Å². The Bertz CT molecular complexity index is 6550. The molecule has 6 fully saturated rings. The number of anilines is 2. The molecule has 0 aliphatic heterocycles. The number of ether oxygens (including phenoxy) is 2. The first-order chi connectivity index (χ1) is 65.0. The van der Waals surface area contributed by atoms with Crippen LogP contribution in [0.15, 0.2) is 51.9 Å². The van der Waals surface area contributed by atoms with Gasteiger partial charge < -0.3 is 53.8 Å². The summed E-state index contributed by atoms with van der Waals surface area (Å²) in [5.74, 6) is 6.31. The van der Waals surface area contributed by atoms with Crippen LogP contribution in [0.1, 0.15) is 315 Å². The van der Waals surface area contributed by atoms with Gasteiger partial charge in [-0.05, 0) is 160 Å². The van der Waals surface area contributed by atoms with Crippen molar-refractivity contribution in [3.63, 3.8) is 0 Å². The molecule has 12 aromatic rings. The Kier molecular flexibility index (Phi) is 34.5. The van der Waals surface area contributed by atoms with Crippen LogP contribution in [-0.2, 0) is 44.1 Å². The molecule has 6 aliphatic carbocycles. The number of aryl methyl sites for hydroxylation is 3. The molecule has 135 heavy (non-hydrogen) atoms. The molecule has 724 valence electrons. The van der Waals surface area contributed by atoms with Crippen LogP contribution in [0.3, 0.4) is 0 Å². The number of thioether (sulfide) groups is 1. The van der Waals surface area contributed by atoms with Crippen molar-refractivity contribution in [2.24, 2.45) is 35.5 Å². The number of nitrogens with zero attached hydrogens (tertiary/aromatic N) is 18. The van der Waals surface area contributed by atoms with E-state index >= 15 is 0 Å². The largest absolute Gasteiger partial charge is 0.465 e. The number of hydrogen-bond donors (Lipinski definition) is 8. The summed E-state index contributed by atoms with van der Waals surface area (Å²) in [6.07, 6.45) is 37.1. The first-order valence-corrected chi connectivity index (χ1v) is 49.2. The van der Waals surface area contributed by atoms with Gasteiger partial charge in [0.25, 0.3) is 45.4 Å². The number of carbonyl (C=O) groups is 5. The molecule has 0 unspecified atom stereocenters. The number of ketones is 4. The lowest BCUT2D eigenvalue weighted by Gasteiger charge is -2.23. The van der Waals surface area contributed by atoms with E-state index in [0.29, 0.717) is 140 Å². The van der Waals surface area contributed by atoms with Gasteiger partial charge in [0.05, 0.1) is 18.9 Å². The summed E-state index contributed by atoms with van der Waals surface area (Å²) >= 11 is 1.61. The van der Waals surface area contributed by atoms with Crippen LogP contribution < -0.4 is 53.5 Å². The highest BCUT2D eigenvalue weighted by Gasteiger charge is 2.30. The molecule has 0 saturated heterocycles. The van der Waals surface area contributed by atoms with Crippen molar-refractivity contribution in [2.45, 2.75) is 320 Å². The summed E-state index contributed by atoms with van der Waals surface area (Å²) in [7, 11) is 0. The lowest BCUT2D eigenvalue weighted by Crippen LogP contribution is -2.18. The molecule has 0 atom stereocenters. The SMILES string of the molecule is C=C=C(C)Nc1nc2c(=O)[nH]c(C(C)=O)nc2n1CC1CCCCC1.CC(=O)Nc1nc2c(=O)[nH]c(C)nc2n1CC1CCCCC1.CC(=O)c1nc2c(nc(C)n2CC2CCCCC2)c(=O)[nH]1.CCOc1nc2c(=O)[nH]c(C(C)=O)nc2n1CC1CCCCC1.CCOc1nc2c(=O)[nH]c(C)nc2n1CC1CCCCC1.CCSc1nc2c(=O)[nH]c(C(C)=O)nc2n1CC1CCCCC1. The highest BCUT2D eigenvalue weighted by atomic mass is 32.2. The van der Waals surface area contributed by atoms with Crippen LogP contribution in [0.2, 0.25) is 0 Å². The third-order valence-electron chi connectivity index (χ3n) is 26.0. The summed E-state index contributed by atoms with van der Waals surface area (Å²) in [5, 5.41) is 6.68. The first kappa shape index (κ1) is 100.0. The molecule has 6 aliphatic rings. The van der Waals surface area contributed by atoms with Gasteiger partial charge in [-0.3, -0.25) is 76.3 Å². The van der Waals surface area contributed by atoms with E-state index in [9.17, 15) is 52.7 Å². The van der Waals surface area contributed by atoms with Crippen LogP contribution in [0.4, 0.5) is 11.9 Å². The average Bonchev–Trinajstić information content (AvgIpc) is 1.62. The van der Waals surface area contributed by atoms with Crippen LogP contribution in [0, 0.1) is 56.3 Å².